The molecule has 0 bridgehead atoms. The number of hydrogen-bond donors (Lipinski definition) is 0. The summed E-state index contributed by atoms with van der Waals surface area (Å²) in [6.07, 6.45) is 1.67. The standard InChI is InChI=1S/C4HClNOS/c5-4-1-3(2-7)8-6-4/h1H. The third-order valence-electron chi connectivity index (χ3n) is 0.582. The van der Waals surface area contributed by atoms with Gasteiger partial charge < -0.3 is 0 Å². The van der Waals surface area contributed by atoms with Crippen LogP contribution in [0.2, 0.25) is 5.15 Å². The average molecular weight is 147 g/mol. The molecule has 0 amide bonds. The Morgan fingerprint density at radius 1 is 1.88 bits per heavy atom. The van der Waals surface area contributed by atoms with Gasteiger partial charge in [-0.05, 0) is 17.6 Å². The molecule has 1 aromatic heterocycles. The van der Waals surface area contributed by atoms with Crippen LogP contribution in [0, 0.1) is 0 Å². The monoisotopic (exact) mass is 146 g/mol. The van der Waals surface area contributed by atoms with E-state index in [1.807, 2.05) is 0 Å². The fourth-order valence-electron chi connectivity index (χ4n) is 0.302. The largest absolute Gasteiger partial charge is 0.284 e. The van der Waals surface area contributed by atoms with E-state index in [9.17, 15) is 4.79 Å². The normalized spacial score (nSPS) is 9.12. The summed E-state index contributed by atoms with van der Waals surface area (Å²) in [6.45, 7) is 0. The van der Waals surface area contributed by atoms with Crippen molar-refractivity contribution in [1.82, 2.24) is 4.37 Å². The molecule has 0 fully saturated rings. The van der Waals surface area contributed by atoms with Crippen LogP contribution in [0.3, 0.4) is 0 Å². The van der Waals surface area contributed by atoms with Gasteiger partial charge in [0.25, 0.3) is 0 Å². The predicted molar refractivity (Wildman–Crippen MR) is 31.9 cm³/mol. The summed E-state index contributed by atoms with van der Waals surface area (Å²) in [5, 5.41) is 0.355. The molecule has 1 rings (SSSR count). The molecule has 0 unspecified atom stereocenters. The number of rotatable bonds is 1. The first-order valence-corrected chi connectivity index (χ1v) is 2.98. The Morgan fingerprint density at radius 2 is 2.62 bits per heavy atom. The highest BCUT2D eigenvalue weighted by atomic mass is 35.5. The average Bonchev–Trinajstić information content (AvgIpc) is 2.14. The maximum atomic E-state index is 9.81. The first-order chi connectivity index (χ1) is 3.83. The number of aromatic nitrogens is 1. The smallest absolute Gasteiger partial charge is 0.246 e. The number of nitrogens with zero attached hydrogens (tertiary/aromatic N) is 1. The number of carbonyl (C=O) groups excluding carboxylic acids is 1. The van der Waals surface area contributed by atoms with Crippen molar-refractivity contribution in [3.8, 4) is 0 Å². The van der Waals surface area contributed by atoms with Crippen molar-refractivity contribution < 1.29 is 4.79 Å². The molecule has 0 aliphatic heterocycles. The quantitative estimate of drug-likeness (QED) is 0.597. The van der Waals surface area contributed by atoms with Gasteiger partial charge in [-0.25, -0.2) is 0 Å². The summed E-state index contributed by atoms with van der Waals surface area (Å²) >= 11 is 6.40. The lowest BCUT2D eigenvalue weighted by atomic mass is 10.5. The van der Waals surface area contributed by atoms with Crippen molar-refractivity contribution in [3.05, 3.63) is 16.1 Å². The molecule has 0 spiro atoms. The number of halogens is 1. The second-order valence-electron chi connectivity index (χ2n) is 1.12. The van der Waals surface area contributed by atoms with Gasteiger partial charge in [-0.2, -0.15) is 4.37 Å². The van der Waals surface area contributed by atoms with Crippen LogP contribution in [0.1, 0.15) is 4.88 Å². The third kappa shape index (κ3) is 1.05. The van der Waals surface area contributed by atoms with E-state index in [0.29, 0.717) is 10.0 Å². The van der Waals surface area contributed by atoms with Gasteiger partial charge in [0.1, 0.15) is 10.0 Å². The summed E-state index contributed by atoms with van der Waals surface area (Å²) in [6, 6.07) is 1.47. The van der Waals surface area contributed by atoms with Crippen LogP contribution in [0.4, 0.5) is 0 Å². The van der Waals surface area contributed by atoms with E-state index in [-0.39, 0.29) is 0 Å². The Labute approximate surface area is 55.3 Å². The molecular weight excluding hydrogens is 146 g/mol. The van der Waals surface area contributed by atoms with Gasteiger partial charge in [-0.15, -0.1) is 0 Å². The molecular formula is C4HClNOS. The zero-order valence-electron chi connectivity index (χ0n) is 3.72. The van der Waals surface area contributed by atoms with E-state index in [1.54, 1.807) is 6.29 Å². The predicted octanol–water partition coefficient (Wildman–Crippen LogP) is 1.25. The van der Waals surface area contributed by atoms with Crippen LogP contribution in [0.25, 0.3) is 0 Å². The van der Waals surface area contributed by atoms with Crippen molar-refractivity contribution >= 4 is 29.4 Å². The van der Waals surface area contributed by atoms with Gasteiger partial charge in [0.05, 0.1) is 0 Å². The van der Waals surface area contributed by atoms with Gasteiger partial charge in [0.15, 0.2) is 0 Å². The molecule has 0 atom stereocenters. The minimum absolute atomic E-state index is 0.355. The minimum atomic E-state index is 0.355. The Balaban J connectivity index is 3.00. The molecule has 1 radical (unpaired) electrons. The summed E-state index contributed by atoms with van der Waals surface area (Å²) < 4.78 is 3.63. The fourth-order valence-corrected chi connectivity index (χ4v) is 1.02. The molecule has 4 heteroatoms. The maximum absolute atomic E-state index is 9.81. The molecule has 1 heterocycles. The van der Waals surface area contributed by atoms with Crippen molar-refractivity contribution in [1.29, 1.82) is 0 Å². The molecule has 0 aliphatic carbocycles. The molecule has 0 saturated carbocycles. The summed E-state index contributed by atoms with van der Waals surface area (Å²) in [4.78, 5) is 10.2. The molecule has 0 saturated heterocycles. The molecule has 2 nitrogen and oxygen atoms in total. The lowest BCUT2D eigenvalue weighted by molar-refractivity contribution is 0.563. The Hall–Kier alpha value is -0.410. The SMILES string of the molecule is O=[C]c1cc(Cl)ns1. The van der Waals surface area contributed by atoms with Gasteiger partial charge >= 0.3 is 0 Å². The van der Waals surface area contributed by atoms with Gasteiger partial charge in [-0.1, -0.05) is 11.6 Å². The van der Waals surface area contributed by atoms with Gasteiger partial charge in [-0.3, -0.25) is 4.79 Å². The molecule has 1 aromatic rings. The van der Waals surface area contributed by atoms with Gasteiger partial charge in [0.2, 0.25) is 6.29 Å². The van der Waals surface area contributed by atoms with E-state index in [0.717, 1.165) is 11.5 Å². The van der Waals surface area contributed by atoms with Crippen LogP contribution in [-0.4, -0.2) is 10.7 Å². The zero-order chi connectivity index (χ0) is 5.98. The van der Waals surface area contributed by atoms with Crippen LogP contribution in [0.15, 0.2) is 6.07 Å². The highest BCUT2D eigenvalue weighted by Crippen LogP contribution is 2.10. The van der Waals surface area contributed by atoms with Gasteiger partial charge in [0, 0.05) is 0 Å². The molecule has 0 aromatic carbocycles. The zero-order valence-corrected chi connectivity index (χ0v) is 5.29. The Kier molecular flexibility index (Phi) is 1.60. The molecule has 41 valence electrons. The van der Waals surface area contributed by atoms with Crippen LogP contribution in [-0.2, 0) is 4.79 Å². The van der Waals surface area contributed by atoms with Crippen LogP contribution in [0.5, 0.6) is 0 Å². The van der Waals surface area contributed by atoms with Crippen molar-refractivity contribution in [2.45, 2.75) is 0 Å². The van der Waals surface area contributed by atoms with Crippen molar-refractivity contribution in [2.24, 2.45) is 0 Å². The molecule has 0 aliphatic rings. The van der Waals surface area contributed by atoms with Crippen molar-refractivity contribution in [2.75, 3.05) is 0 Å². The second-order valence-corrected chi connectivity index (χ2v) is 2.31. The van der Waals surface area contributed by atoms with E-state index in [2.05, 4.69) is 4.37 Å². The number of hydrogen-bond acceptors (Lipinski definition) is 3. The van der Waals surface area contributed by atoms with Crippen molar-refractivity contribution in [3.63, 3.8) is 0 Å². The molecule has 0 N–H and O–H groups in total. The topological polar surface area (TPSA) is 30.0 Å². The summed E-state index contributed by atoms with van der Waals surface area (Å²) in [5.41, 5.74) is 0. The minimum Gasteiger partial charge on any atom is -0.284 e. The first-order valence-electron chi connectivity index (χ1n) is 1.83. The molecule has 8 heavy (non-hydrogen) atoms. The summed E-state index contributed by atoms with van der Waals surface area (Å²) in [5.74, 6) is 0. The lowest BCUT2D eigenvalue weighted by Crippen LogP contribution is -1.63. The first kappa shape index (κ1) is 5.72. The van der Waals surface area contributed by atoms with Crippen LogP contribution < -0.4 is 0 Å². The van der Waals surface area contributed by atoms with E-state index < -0.39 is 0 Å². The highest BCUT2D eigenvalue weighted by molar-refractivity contribution is 7.07. The van der Waals surface area contributed by atoms with Crippen LogP contribution >= 0.6 is 23.1 Å². The highest BCUT2D eigenvalue weighted by Gasteiger charge is 1.95. The summed E-state index contributed by atoms with van der Waals surface area (Å²) in [7, 11) is 0. The third-order valence-corrected chi connectivity index (χ3v) is 1.56. The lowest BCUT2D eigenvalue weighted by Gasteiger charge is -1.63. The Bertz CT molecular complexity index is 198. The van der Waals surface area contributed by atoms with E-state index >= 15 is 0 Å². The maximum Gasteiger partial charge on any atom is 0.246 e. The second kappa shape index (κ2) is 2.24. The van der Waals surface area contributed by atoms with E-state index in [1.165, 1.54) is 6.07 Å². The fraction of sp³-hybridized carbons (Fsp3) is 0. The van der Waals surface area contributed by atoms with E-state index in [4.69, 9.17) is 11.6 Å². The Morgan fingerprint density at radius 3 is 2.88 bits per heavy atom.